The van der Waals surface area contributed by atoms with Crippen molar-refractivity contribution in [1.82, 2.24) is 9.88 Å². The molecule has 214 valence electrons. The van der Waals surface area contributed by atoms with Crippen LogP contribution in [0.25, 0.3) is 11.3 Å². The predicted octanol–water partition coefficient (Wildman–Crippen LogP) is 5.84. The highest BCUT2D eigenvalue weighted by molar-refractivity contribution is 5.81. The van der Waals surface area contributed by atoms with Crippen molar-refractivity contribution in [1.29, 1.82) is 0 Å². The van der Waals surface area contributed by atoms with Crippen molar-refractivity contribution in [2.45, 2.75) is 59.3 Å². The second-order valence-corrected chi connectivity index (χ2v) is 12.6. The highest BCUT2D eigenvalue weighted by atomic mass is 16.6. The van der Waals surface area contributed by atoms with Crippen LogP contribution in [0, 0.1) is 18.3 Å². The van der Waals surface area contributed by atoms with Gasteiger partial charge in [-0.3, -0.25) is 4.79 Å². The molecule has 2 aromatic carbocycles. The quantitative estimate of drug-likeness (QED) is 0.409. The number of hydrogen-bond acceptors (Lipinski definition) is 6. The number of ether oxygens (including phenoxy) is 2. The van der Waals surface area contributed by atoms with E-state index in [0.29, 0.717) is 26.2 Å². The number of nitrogens with zero attached hydrogens (tertiary/aromatic N) is 3. The molecule has 2 aliphatic heterocycles. The van der Waals surface area contributed by atoms with Crippen LogP contribution in [0.15, 0.2) is 54.6 Å². The fraction of sp³-hybridized carbons (Fsp3) is 0.424. The smallest absolute Gasteiger partial charge is 0.410 e. The Kier molecular flexibility index (Phi) is 6.67. The third-order valence-corrected chi connectivity index (χ3v) is 8.44. The highest BCUT2D eigenvalue weighted by Gasteiger charge is 2.65. The molecule has 0 radical (unpaired) electrons. The molecule has 2 atom stereocenters. The monoisotopic (exact) mass is 555 g/mol. The predicted molar refractivity (Wildman–Crippen MR) is 156 cm³/mol. The molecular weight excluding hydrogens is 518 g/mol. The minimum atomic E-state index is -0.696. The van der Waals surface area contributed by atoms with Crippen LogP contribution in [0.1, 0.15) is 49.4 Å². The summed E-state index contributed by atoms with van der Waals surface area (Å²) in [7, 11) is 0. The van der Waals surface area contributed by atoms with Gasteiger partial charge in [0.1, 0.15) is 23.8 Å². The zero-order valence-corrected chi connectivity index (χ0v) is 24.1. The van der Waals surface area contributed by atoms with E-state index in [2.05, 4.69) is 23.1 Å². The first-order chi connectivity index (χ1) is 19.5. The van der Waals surface area contributed by atoms with E-state index in [1.54, 1.807) is 4.90 Å². The summed E-state index contributed by atoms with van der Waals surface area (Å²) in [5.74, 6) is 1.11. The number of para-hydroxylation sites is 1. The lowest BCUT2D eigenvalue weighted by molar-refractivity contribution is -0.143. The third kappa shape index (κ3) is 5.35. The maximum Gasteiger partial charge on any atom is 0.410 e. The first-order valence-electron chi connectivity index (χ1n) is 14.3. The second-order valence-electron chi connectivity index (χ2n) is 12.6. The molecule has 8 heteroatoms. The number of pyridine rings is 1. The first kappa shape index (κ1) is 27.1. The van der Waals surface area contributed by atoms with E-state index in [4.69, 9.17) is 14.5 Å². The van der Waals surface area contributed by atoms with Crippen molar-refractivity contribution in [3.05, 3.63) is 76.9 Å². The van der Waals surface area contributed by atoms with E-state index in [1.165, 1.54) is 5.56 Å². The van der Waals surface area contributed by atoms with E-state index >= 15 is 0 Å². The van der Waals surface area contributed by atoms with Crippen molar-refractivity contribution in [3.63, 3.8) is 0 Å². The van der Waals surface area contributed by atoms with E-state index in [1.807, 2.05) is 64.1 Å². The molecule has 0 bridgehead atoms. The Morgan fingerprint density at radius 1 is 1.10 bits per heavy atom. The topological polar surface area (TPSA) is 92.2 Å². The minimum Gasteiger partial charge on any atom is -0.488 e. The van der Waals surface area contributed by atoms with Crippen molar-refractivity contribution in [3.8, 4) is 17.0 Å². The van der Waals surface area contributed by atoms with E-state index in [-0.39, 0.29) is 12.0 Å². The molecule has 0 spiro atoms. The summed E-state index contributed by atoms with van der Waals surface area (Å²) in [6.07, 6.45) is 1.26. The number of amides is 1. The minimum absolute atomic E-state index is 0.209. The maximum atomic E-state index is 12.5. The summed E-state index contributed by atoms with van der Waals surface area (Å²) < 4.78 is 12.0. The number of fused-ring (bicyclic) bond motifs is 2. The van der Waals surface area contributed by atoms with Crippen LogP contribution in [0.4, 0.5) is 10.6 Å². The van der Waals surface area contributed by atoms with Crippen molar-refractivity contribution in [2.24, 2.45) is 11.3 Å². The summed E-state index contributed by atoms with van der Waals surface area (Å²) in [4.78, 5) is 33.1. The number of carbonyl (C=O) groups is 2. The van der Waals surface area contributed by atoms with Gasteiger partial charge in [-0.05, 0) is 86.9 Å². The number of carbonyl (C=O) groups excluding carboxylic acids is 1. The van der Waals surface area contributed by atoms with Gasteiger partial charge in [0.2, 0.25) is 0 Å². The normalized spacial score (nSPS) is 21.2. The molecular formula is C33H37N3O5. The Bertz CT molecular complexity index is 1510. The van der Waals surface area contributed by atoms with Crippen LogP contribution in [0.2, 0.25) is 0 Å². The number of hydrogen-bond donors (Lipinski definition) is 1. The molecule has 3 heterocycles. The van der Waals surface area contributed by atoms with E-state index in [0.717, 1.165) is 58.9 Å². The van der Waals surface area contributed by atoms with E-state index < -0.39 is 17.0 Å². The molecule has 3 aromatic rings. The number of benzene rings is 2. The number of aliphatic carboxylic acids is 1. The fourth-order valence-electron chi connectivity index (χ4n) is 6.12. The van der Waals surface area contributed by atoms with Crippen LogP contribution < -0.4 is 9.64 Å². The lowest BCUT2D eigenvalue weighted by atomic mass is 9.97. The van der Waals surface area contributed by atoms with Gasteiger partial charge in [0.05, 0.1) is 11.1 Å². The van der Waals surface area contributed by atoms with Gasteiger partial charge < -0.3 is 24.4 Å². The Morgan fingerprint density at radius 2 is 1.90 bits per heavy atom. The highest BCUT2D eigenvalue weighted by Crippen LogP contribution is 2.58. The van der Waals surface area contributed by atoms with Gasteiger partial charge in [0.25, 0.3) is 0 Å². The molecule has 3 aliphatic rings. The number of aryl methyl sites for hydroxylation is 1. The Hall–Kier alpha value is -4.07. The number of piperidine rings is 1. The third-order valence-electron chi connectivity index (χ3n) is 8.44. The van der Waals surface area contributed by atoms with Gasteiger partial charge in [-0.15, -0.1) is 0 Å². The average molecular weight is 556 g/mol. The lowest BCUT2D eigenvalue weighted by Gasteiger charge is -2.31. The zero-order chi connectivity index (χ0) is 28.9. The first-order valence-corrected chi connectivity index (χ1v) is 14.3. The summed E-state index contributed by atoms with van der Waals surface area (Å²) in [6.45, 7) is 10.5. The van der Waals surface area contributed by atoms with E-state index in [9.17, 15) is 14.7 Å². The van der Waals surface area contributed by atoms with Gasteiger partial charge in [-0.1, -0.05) is 36.4 Å². The second kappa shape index (κ2) is 10.1. The Balaban J connectivity index is 1.16. The molecule has 1 saturated heterocycles. The summed E-state index contributed by atoms with van der Waals surface area (Å²) in [5.41, 5.74) is 5.06. The Labute approximate surface area is 240 Å². The molecule has 1 amide bonds. The standard InChI is InChI=1S/C33H37N3O5/c1-21-7-5-8-26(27-9-6-10-28(34-27)36-18-25-16-33(25,20-36)30(37)38)29(21)40-19-22-11-12-24-17-35(14-13-23(24)15-22)31(39)41-32(2,3)4/h5-12,15,25H,13-14,16-20H2,1-4H3,(H,37,38)/t25-,33-/m0/s1. The SMILES string of the molecule is Cc1cccc(-c2cccc(N3C[C@@H]4C[C@]4(C(=O)O)C3)n2)c1OCc1ccc2c(c1)CCN(C(=O)OC(C)(C)C)C2. The van der Waals surface area contributed by atoms with Crippen molar-refractivity contribution >= 4 is 17.9 Å². The van der Waals surface area contributed by atoms with Crippen LogP contribution in [-0.4, -0.2) is 52.3 Å². The van der Waals surface area contributed by atoms with Gasteiger partial charge in [0, 0.05) is 31.7 Å². The Morgan fingerprint density at radius 3 is 2.66 bits per heavy atom. The molecule has 1 aliphatic carbocycles. The van der Waals surface area contributed by atoms with Gasteiger partial charge in [0.15, 0.2) is 0 Å². The zero-order valence-electron chi connectivity index (χ0n) is 24.1. The van der Waals surface area contributed by atoms with Crippen molar-refractivity contribution < 1.29 is 24.2 Å². The lowest BCUT2D eigenvalue weighted by Crippen LogP contribution is -2.39. The number of aromatic nitrogens is 1. The maximum absolute atomic E-state index is 12.5. The molecule has 0 unspecified atom stereocenters. The van der Waals surface area contributed by atoms with Crippen LogP contribution in [0.3, 0.4) is 0 Å². The van der Waals surface area contributed by atoms with Crippen molar-refractivity contribution in [2.75, 3.05) is 24.5 Å². The molecule has 1 N–H and O–H groups in total. The largest absolute Gasteiger partial charge is 0.488 e. The molecule has 1 aromatic heterocycles. The van der Waals surface area contributed by atoms with Gasteiger partial charge in [-0.25, -0.2) is 9.78 Å². The molecule has 2 fully saturated rings. The van der Waals surface area contributed by atoms with Crippen LogP contribution in [-0.2, 0) is 29.1 Å². The summed E-state index contributed by atoms with van der Waals surface area (Å²) >= 11 is 0. The molecule has 6 rings (SSSR count). The van der Waals surface area contributed by atoms with Crippen LogP contribution in [0.5, 0.6) is 5.75 Å². The number of carboxylic acids is 1. The number of rotatable bonds is 6. The number of anilines is 1. The molecule has 41 heavy (non-hydrogen) atoms. The molecule has 1 saturated carbocycles. The van der Waals surface area contributed by atoms with Gasteiger partial charge >= 0.3 is 12.1 Å². The van der Waals surface area contributed by atoms with Gasteiger partial charge in [-0.2, -0.15) is 0 Å². The summed E-state index contributed by atoms with van der Waals surface area (Å²) in [6, 6.07) is 18.3. The average Bonchev–Trinajstić information content (AvgIpc) is 3.51. The molecule has 8 nitrogen and oxygen atoms in total. The van der Waals surface area contributed by atoms with Crippen LogP contribution >= 0.6 is 0 Å². The number of carboxylic acid groups (broad SMARTS) is 1. The fourth-order valence-corrected chi connectivity index (χ4v) is 6.12. The summed E-state index contributed by atoms with van der Waals surface area (Å²) in [5, 5.41) is 9.68.